The van der Waals surface area contributed by atoms with Crippen LogP contribution in [0.25, 0.3) is 0 Å². The van der Waals surface area contributed by atoms with Gasteiger partial charge in [-0.2, -0.15) is 26.3 Å². The molecule has 2 atom stereocenters. The van der Waals surface area contributed by atoms with Gasteiger partial charge >= 0.3 is 30.1 Å². The first-order chi connectivity index (χ1) is 15.9. The van der Waals surface area contributed by atoms with E-state index < -0.39 is 71.5 Å². The molecule has 1 heterocycles. The van der Waals surface area contributed by atoms with Gasteiger partial charge in [-0.1, -0.05) is 24.3 Å². The molecule has 2 rings (SSSR count). The fourth-order valence-electron chi connectivity index (χ4n) is 3.69. The molecule has 1 saturated heterocycles. The summed E-state index contributed by atoms with van der Waals surface area (Å²) in [7, 11) is 0. The van der Waals surface area contributed by atoms with Gasteiger partial charge in [0, 0.05) is 12.0 Å². The van der Waals surface area contributed by atoms with E-state index in [-0.39, 0.29) is 17.7 Å². The molecule has 0 spiro atoms. The maximum Gasteiger partial charge on any atom is 0.435 e. The molecule has 0 bridgehead atoms. The number of benzene rings is 1. The van der Waals surface area contributed by atoms with Crippen molar-refractivity contribution < 1.29 is 54.9 Å². The third-order valence-corrected chi connectivity index (χ3v) is 5.25. The van der Waals surface area contributed by atoms with Gasteiger partial charge in [0.25, 0.3) is 0 Å². The third-order valence-electron chi connectivity index (χ3n) is 5.25. The highest BCUT2D eigenvalue weighted by molar-refractivity contribution is 5.83. The molecule has 1 fully saturated rings. The van der Waals surface area contributed by atoms with Gasteiger partial charge in [0.05, 0.1) is 6.54 Å². The number of carbonyl (C=O) groups excluding carboxylic acids is 2. The molecule has 1 aliphatic heterocycles. The molecule has 36 heavy (non-hydrogen) atoms. The molecule has 1 N–H and O–H groups in total. The lowest BCUT2D eigenvalue weighted by molar-refractivity contribution is -0.348. The van der Waals surface area contributed by atoms with Crippen LogP contribution in [-0.4, -0.2) is 58.2 Å². The molecule has 0 saturated carbocycles. The van der Waals surface area contributed by atoms with Crippen LogP contribution in [0.5, 0.6) is 0 Å². The van der Waals surface area contributed by atoms with Crippen LogP contribution in [0.1, 0.15) is 59.1 Å². The number of halogens is 7. The molecule has 0 aromatic heterocycles. The van der Waals surface area contributed by atoms with Crippen LogP contribution in [0.15, 0.2) is 24.3 Å². The highest BCUT2D eigenvalue weighted by Crippen LogP contribution is 2.53. The highest BCUT2D eigenvalue weighted by atomic mass is 19.4. The highest BCUT2D eigenvalue weighted by Gasteiger charge is 2.73. The van der Waals surface area contributed by atoms with E-state index >= 15 is 0 Å². The summed E-state index contributed by atoms with van der Waals surface area (Å²) in [6, 6.07) is 0.506. The van der Waals surface area contributed by atoms with Gasteiger partial charge in [0.1, 0.15) is 22.8 Å². The minimum Gasteiger partial charge on any atom is -0.458 e. The topological polar surface area (TPSA) is 76.1 Å². The summed E-state index contributed by atoms with van der Waals surface area (Å²) in [5.41, 5.74) is -11.7. The third kappa shape index (κ3) is 6.04. The molecule has 1 aliphatic rings. The molecule has 0 aliphatic carbocycles. The van der Waals surface area contributed by atoms with Crippen molar-refractivity contribution in [2.45, 2.75) is 88.8 Å². The van der Waals surface area contributed by atoms with Crippen LogP contribution in [-0.2, 0) is 25.5 Å². The zero-order chi connectivity index (χ0) is 28.1. The van der Waals surface area contributed by atoms with E-state index in [1.165, 1.54) is 0 Å². The van der Waals surface area contributed by atoms with E-state index in [0.29, 0.717) is 12.1 Å². The summed E-state index contributed by atoms with van der Waals surface area (Å²) >= 11 is 0. The molecule has 1 aromatic rings. The predicted octanol–water partition coefficient (Wildman–Crippen LogP) is 5.51. The number of amides is 1. The molecular formula is C23H28F7NO5. The Morgan fingerprint density at radius 2 is 1.31 bits per heavy atom. The number of rotatable bonds is 3. The Kier molecular flexibility index (Phi) is 7.47. The van der Waals surface area contributed by atoms with E-state index in [0.717, 1.165) is 4.90 Å². The number of likely N-dealkylation sites (tertiary alicyclic amines) is 1. The Labute approximate surface area is 203 Å². The Hall–Kier alpha value is -2.57. The summed E-state index contributed by atoms with van der Waals surface area (Å²) in [5, 5.41) is 11.2. The normalized spacial score (nSPS) is 21.9. The number of hydrogen-bond donors (Lipinski definition) is 1. The van der Waals surface area contributed by atoms with Crippen LogP contribution >= 0.6 is 0 Å². The molecule has 204 valence electrons. The largest absolute Gasteiger partial charge is 0.458 e. The van der Waals surface area contributed by atoms with Gasteiger partial charge in [-0.05, 0) is 47.1 Å². The van der Waals surface area contributed by atoms with Gasteiger partial charge in [0.15, 0.2) is 0 Å². The first-order valence-electron chi connectivity index (χ1n) is 10.8. The van der Waals surface area contributed by atoms with E-state index in [1.807, 2.05) is 0 Å². The average Bonchev–Trinajstić information content (AvgIpc) is 3.02. The minimum atomic E-state index is -6.30. The van der Waals surface area contributed by atoms with Crippen LogP contribution < -0.4 is 0 Å². The van der Waals surface area contributed by atoms with E-state index in [1.54, 1.807) is 41.5 Å². The van der Waals surface area contributed by atoms with E-state index in [4.69, 9.17) is 9.47 Å². The quantitative estimate of drug-likeness (QED) is 0.411. The number of esters is 1. The second-order valence-electron chi connectivity index (χ2n) is 10.6. The number of ether oxygens (including phenoxy) is 2. The predicted molar refractivity (Wildman–Crippen MR) is 112 cm³/mol. The summed E-state index contributed by atoms with van der Waals surface area (Å²) in [6.07, 6.45) is -14.1. The molecule has 6 nitrogen and oxygen atoms in total. The zero-order valence-electron chi connectivity index (χ0n) is 20.5. The summed E-state index contributed by atoms with van der Waals surface area (Å²) in [5.74, 6) is -0.905. The monoisotopic (exact) mass is 531 g/mol. The summed E-state index contributed by atoms with van der Waals surface area (Å²) in [4.78, 5) is 26.4. The number of β-amino-alcohol motifs (C(OH)–C–C–N with tert-alkyl or cyclic N) is 1. The number of aliphatic hydroxyl groups is 1. The fraction of sp³-hybridized carbons (Fsp3) is 0.652. The molecule has 1 amide bonds. The van der Waals surface area contributed by atoms with Crippen LogP contribution in [0.3, 0.4) is 0 Å². The Balaban J connectivity index is 2.47. The van der Waals surface area contributed by atoms with Crippen molar-refractivity contribution in [1.29, 1.82) is 0 Å². The average molecular weight is 531 g/mol. The summed E-state index contributed by atoms with van der Waals surface area (Å²) in [6.45, 7) is 8.76. The number of nitrogens with zero attached hydrogens (tertiary/aromatic N) is 1. The van der Waals surface area contributed by atoms with Gasteiger partial charge in [-0.15, -0.1) is 0 Å². The maximum atomic E-state index is 14.3. The SMILES string of the molecule is CC(C)(C)OC(=O)C1CC(O)(c2ccc(C(F)(C(F)(F)F)C(F)(F)F)cc2)CN1C(=O)OC(C)(C)C. The molecular weight excluding hydrogens is 503 g/mol. The molecule has 13 heteroatoms. The lowest BCUT2D eigenvalue weighted by Gasteiger charge is -2.31. The van der Waals surface area contributed by atoms with Crippen molar-refractivity contribution >= 4 is 12.1 Å². The number of hydrogen-bond acceptors (Lipinski definition) is 5. The first-order valence-corrected chi connectivity index (χ1v) is 10.8. The van der Waals surface area contributed by atoms with Gasteiger partial charge < -0.3 is 14.6 Å². The van der Waals surface area contributed by atoms with Gasteiger partial charge in [0.2, 0.25) is 0 Å². The maximum absolute atomic E-state index is 14.3. The number of alkyl halides is 7. The van der Waals surface area contributed by atoms with E-state index in [9.17, 15) is 45.4 Å². The number of carbonyl (C=O) groups is 2. The summed E-state index contributed by atoms with van der Waals surface area (Å²) < 4.78 is 103. The van der Waals surface area contributed by atoms with Crippen LogP contribution in [0.4, 0.5) is 35.5 Å². The van der Waals surface area contributed by atoms with Crippen molar-refractivity contribution in [1.82, 2.24) is 4.90 Å². The molecule has 1 aromatic carbocycles. The van der Waals surface area contributed by atoms with Crippen molar-refractivity contribution in [3.8, 4) is 0 Å². The Morgan fingerprint density at radius 1 is 0.861 bits per heavy atom. The lowest BCUT2D eigenvalue weighted by Crippen LogP contribution is -2.50. The van der Waals surface area contributed by atoms with Crippen LogP contribution in [0.2, 0.25) is 0 Å². The second kappa shape index (κ2) is 9.07. The van der Waals surface area contributed by atoms with Crippen molar-refractivity contribution in [3.63, 3.8) is 0 Å². The molecule has 2 unspecified atom stereocenters. The minimum absolute atomic E-state index is 0.238. The van der Waals surface area contributed by atoms with Crippen LogP contribution in [0, 0.1) is 0 Å². The van der Waals surface area contributed by atoms with Crippen molar-refractivity contribution in [3.05, 3.63) is 35.4 Å². The standard InChI is InChI=1S/C23H28F7NO5/c1-18(2,3)35-16(32)15-11-20(34,12-31(15)17(33)36-19(4,5)6)13-7-9-14(10-8-13)21(24,22(25,26)27)23(28,29)30/h7-10,15,34H,11-12H2,1-6H3. The van der Waals surface area contributed by atoms with Crippen molar-refractivity contribution in [2.75, 3.05) is 6.54 Å². The smallest absolute Gasteiger partial charge is 0.435 e. The Bertz CT molecular complexity index is 925. The van der Waals surface area contributed by atoms with E-state index in [2.05, 4.69) is 0 Å². The second-order valence-corrected chi connectivity index (χ2v) is 10.6. The van der Waals surface area contributed by atoms with Crippen molar-refractivity contribution in [2.24, 2.45) is 0 Å². The van der Waals surface area contributed by atoms with Gasteiger partial charge in [-0.3, -0.25) is 4.90 Å². The van der Waals surface area contributed by atoms with Gasteiger partial charge in [-0.25, -0.2) is 14.0 Å². The lowest BCUT2D eigenvalue weighted by atomic mass is 9.87. The first kappa shape index (κ1) is 29.7. The Morgan fingerprint density at radius 3 is 1.69 bits per heavy atom. The molecule has 0 radical (unpaired) electrons. The fourth-order valence-corrected chi connectivity index (χ4v) is 3.69. The zero-order valence-corrected chi connectivity index (χ0v) is 20.5.